The number of rotatable bonds is 4. The number of piperidine rings is 1. The van der Waals surface area contributed by atoms with Crippen LogP contribution in [0.25, 0.3) is 10.9 Å². The van der Waals surface area contributed by atoms with Crippen molar-refractivity contribution in [3.8, 4) is 0 Å². The lowest BCUT2D eigenvalue weighted by Crippen LogP contribution is -2.42. The van der Waals surface area contributed by atoms with Crippen molar-refractivity contribution in [2.24, 2.45) is 11.8 Å². The summed E-state index contributed by atoms with van der Waals surface area (Å²) in [6, 6.07) is 7.64. The lowest BCUT2D eigenvalue weighted by atomic mass is 9.92. The molecule has 1 aromatic carbocycles. The summed E-state index contributed by atoms with van der Waals surface area (Å²) in [5, 5.41) is 8.11. The van der Waals surface area contributed by atoms with Gasteiger partial charge >= 0.3 is 5.97 Å². The Morgan fingerprint density at radius 3 is 2.75 bits per heavy atom. The highest BCUT2D eigenvalue weighted by molar-refractivity contribution is 6.05. The van der Waals surface area contributed by atoms with Crippen molar-refractivity contribution >= 4 is 34.5 Å². The number of fused-ring (bicyclic) bond motifs is 1. The number of carbonyl (C=O) groups excluding carboxylic acids is 3. The summed E-state index contributed by atoms with van der Waals surface area (Å²) in [7, 11) is 1.40. The molecule has 2 fully saturated rings. The fourth-order valence-electron chi connectivity index (χ4n) is 4.17. The fourth-order valence-corrected chi connectivity index (χ4v) is 4.17. The first-order chi connectivity index (χ1) is 13.6. The molecule has 2 saturated heterocycles. The highest BCUT2D eigenvalue weighted by atomic mass is 16.5. The smallest absolute Gasteiger partial charge is 0.305 e. The maximum atomic E-state index is 12.9. The molecule has 0 radical (unpaired) electrons. The Morgan fingerprint density at radius 2 is 2.00 bits per heavy atom. The number of H-pyrrole nitrogens is 1. The van der Waals surface area contributed by atoms with Crippen molar-refractivity contribution in [1.82, 2.24) is 15.1 Å². The lowest BCUT2D eigenvalue weighted by Gasteiger charge is -2.33. The van der Waals surface area contributed by atoms with Crippen LogP contribution >= 0.6 is 0 Å². The van der Waals surface area contributed by atoms with Crippen molar-refractivity contribution < 1.29 is 19.1 Å². The van der Waals surface area contributed by atoms with Gasteiger partial charge in [0.25, 0.3) is 0 Å². The molecular weight excluding hydrogens is 360 g/mol. The molecule has 1 N–H and O–H groups in total. The Hall–Kier alpha value is -2.90. The topological polar surface area (TPSA) is 95.6 Å². The highest BCUT2D eigenvalue weighted by Crippen LogP contribution is 2.31. The number of para-hydroxylation sites is 1. The molecule has 3 heterocycles. The molecule has 0 saturated carbocycles. The summed E-state index contributed by atoms with van der Waals surface area (Å²) in [6.07, 6.45) is 2.19. The number of hydrogen-bond acceptors (Lipinski definition) is 5. The predicted molar refractivity (Wildman–Crippen MR) is 102 cm³/mol. The number of hydrogen-bond donors (Lipinski definition) is 1. The van der Waals surface area contributed by atoms with Crippen LogP contribution in [0, 0.1) is 11.8 Å². The molecule has 148 valence electrons. The maximum absolute atomic E-state index is 12.9. The zero-order valence-electron chi connectivity index (χ0n) is 15.9. The molecular formula is C20H24N4O4. The van der Waals surface area contributed by atoms with Crippen LogP contribution in [0.2, 0.25) is 0 Å². The molecule has 1 atom stereocenters. The van der Waals surface area contributed by atoms with Crippen LogP contribution < -0.4 is 4.90 Å². The molecule has 2 amide bonds. The summed E-state index contributed by atoms with van der Waals surface area (Å²) in [5.41, 5.74) is 0.868. The SMILES string of the molecule is COC(=O)CC1CCN(C(=O)[C@@H]2CC(=O)N(c3n[nH]c4ccccc34)C2)CC1. The summed E-state index contributed by atoms with van der Waals surface area (Å²) < 4.78 is 4.73. The standard InChI is InChI=1S/C20H24N4O4/c1-28-18(26)10-13-6-8-23(9-7-13)20(27)14-11-17(25)24(12-14)19-15-4-2-3-5-16(15)21-22-19/h2-5,13-14H,6-12H2,1H3,(H,21,22)/t14-/m1/s1. The zero-order chi connectivity index (χ0) is 19.7. The molecule has 2 aliphatic rings. The van der Waals surface area contributed by atoms with Crippen molar-refractivity contribution in [2.45, 2.75) is 25.7 Å². The quantitative estimate of drug-likeness (QED) is 0.810. The van der Waals surface area contributed by atoms with Gasteiger partial charge in [0.05, 0.1) is 18.5 Å². The van der Waals surface area contributed by atoms with Crippen LogP contribution in [-0.4, -0.2) is 59.6 Å². The number of nitrogens with zero attached hydrogens (tertiary/aromatic N) is 3. The molecule has 8 nitrogen and oxygen atoms in total. The zero-order valence-corrected chi connectivity index (χ0v) is 15.9. The van der Waals surface area contributed by atoms with Crippen LogP contribution in [0.15, 0.2) is 24.3 Å². The largest absolute Gasteiger partial charge is 0.469 e. The van der Waals surface area contributed by atoms with Gasteiger partial charge in [0.1, 0.15) is 0 Å². The van der Waals surface area contributed by atoms with Gasteiger partial charge in [-0.25, -0.2) is 0 Å². The van der Waals surface area contributed by atoms with Crippen molar-refractivity contribution in [2.75, 3.05) is 31.6 Å². The molecule has 0 spiro atoms. The number of aromatic nitrogens is 2. The van der Waals surface area contributed by atoms with Gasteiger partial charge in [-0.05, 0) is 30.9 Å². The molecule has 2 aliphatic heterocycles. The van der Waals surface area contributed by atoms with E-state index in [1.807, 2.05) is 29.2 Å². The van der Waals surface area contributed by atoms with E-state index in [9.17, 15) is 14.4 Å². The van der Waals surface area contributed by atoms with Gasteiger partial charge in [-0.2, -0.15) is 5.10 Å². The minimum absolute atomic E-state index is 0.0206. The van der Waals surface area contributed by atoms with Gasteiger partial charge < -0.3 is 9.64 Å². The highest BCUT2D eigenvalue weighted by Gasteiger charge is 2.39. The number of methoxy groups -OCH3 is 1. The number of esters is 1. The molecule has 1 aromatic heterocycles. The second kappa shape index (κ2) is 7.61. The normalized spacial score (nSPS) is 20.8. The van der Waals surface area contributed by atoms with Crippen LogP contribution in [0.4, 0.5) is 5.82 Å². The summed E-state index contributed by atoms with van der Waals surface area (Å²) in [6.45, 7) is 1.60. The third-order valence-electron chi connectivity index (χ3n) is 5.79. The van der Waals surface area contributed by atoms with Crippen LogP contribution in [0.1, 0.15) is 25.7 Å². The van der Waals surface area contributed by atoms with Gasteiger partial charge in [0.2, 0.25) is 11.8 Å². The monoisotopic (exact) mass is 384 g/mol. The van der Waals surface area contributed by atoms with Gasteiger partial charge in [-0.15, -0.1) is 0 Å². The molecule has 4 rings (SSSR count). The summed E-state index contributed by atoms with van der Waals surface area (Å²) in [4.78, 5) is 40.4. The van der Waals surface area contributed by atoms with Crippen LogP contribution in [0.5, 0.6) is 0 Å². The number of ether oxygens (including phenoxy) is 1. The van der Waals surface area contributed by atoms with E-state index in [1.54, 1.807) is 4.90 Å². The average Bonchev–Trinajstić information content (AvgIpc) is 3.31. The van der Waals surface area contributed by atoms with E-state index in [-0.39, 0.29) is 36.0 Å². The Bertz CT molecular complexity index is 900. The fraction of sp³-hybridized carbons (Fsp3) is 0.500. The molecule has 0 bridgehead atoms. The van der Waals surface area contributed by atoms with Crippen molar-refractivity contribution in [3.63, 3.8) is 0 Å². The summed E-state index contributed by atoms with van der Waals surface area (Å²) >= 11 is 0. The second-order valence-electron chi connectivity index (χ2n) is 7.55. The van der Waals surface area contributed by atoms with Gasteiger partial charge in [0.15, 0.2) is 5.82 Å². The number of anilines is 1. The first-order valence-electron chi connectivity index (χ1n) is 9.66. The van der Waals surface area contributed by atoms with Crippen molar-refractivity contribution in [3.05, 3.63) is 24.3 Å². The Kier molecular flexibility index (Phi) is 5.02. The summed E-state index contributed by atoms with van der Waals surface area (Å²) in [5.74, 6) is 0.248. The van der Waals surface area contributed by atoms with E-state index in [2.05, 4.69) is 10.2 Å². The van der Waals surface area contributed by atoms with Gasteiger partial charge in [-0.3, -0.25) is 24.4 Å². The number of carbonyl (C=O) groups is 3. The number of likely N-dealkylation sites (tertiary alicyclic amines) is 1. The van der Waals surface area contributed by atoms with Crippen LogP contribution in [-0.2, 0) is 19.1 Å². The van der Waals surface area contributed by atoms with Crippen molar-refractivity contribution in [1.29, 1.82) is 0 Å². The number of nitrogens with one attached hydrogen (secondary N) is 1. The Labute approximate surface area is 162 Å². The average molecular weight is 384 g/mol. The molecule has 0 aliphatic carbocycles. The third-order valence-corrected chi connectivity index (χ3v) is 5.79. The van der Waals surface area contributed by atoms with Gasteiger partial charge in [-0.1, -0.05) is 12.1 Å². The van der Waals surface area contributed by atoms with E-state index in [0.29, 0.717) is 31.9 Å². The van der Waals surface area contributed by atoms with E-state index >= 15 is 0 Å². The number of aromatic amines is 1. The number of amides is 2. The molecule has 28 heavy (non-hydrogen) atoms. The molecule has 0 unspecified atom stereocenters. The van der Waals surface area contributed by atoms with E-state index in [4.69, 9.17) is 4.74 Å². The van der Waals surface area contributed by atoms with Crippen LogP contribution in [0.3, 0.4) is 0 Å². The minimum atomic E-state index is -0.347. The second-order valence-corrected chi connectivity index (χ2v) is 7.55. The maximum Gasteiger partial charge on any atom is 0.305 e. The first kappa shape index (κ1) is 18.5. The predicted octanol–water partition coefficient (Wildman–Crippen LogP) is 1.72. The molecule has 8 heteroatoms. The van der Waals surface area contributed by atoms with Gasteiger partial charge in [0, 0.05) is 37.9 Å². The van der Waals surface area contributed by atoms with E-state index < -0.39 is 0 Å². The molecule has 2 aromatic rings. The van der Waals surface area contributed by atoms with E-state index in [0.717, 1.165) is 23.7 Å². The van der Waals surface area contributed by atoms with E-state index in [1.165, 1.54) is 7.11 Å². The minimum Gasteiger partial charge on any atom is -0.469 e. The lowest BCUT2D eigenvalue weighted by molar-refractivity contribution is -0.142. The Morgan fingerprint density at radius 1 is 1.25 bits per heavy atom. The number of benzene rings is 1. The Balaban J connectivity index is 1.39. The third kappa shape index (κ3) is 3.46. The first-order valence-corrected chi connectivity index (χ1v) is 9.66.